The molecule has 2 heterocycles. The molecular weight excluding hydrogens is 310 g/mol. The number of carbonyl (C=O) groups is 2. The Bertz CT molecular complexity index is 735. The summed E-state index contributed by atoms with van der Waals surface area (Å²) in [5.41, 5.74) is -0.359. The summed E-state index contributed by atoms with van der Waals surface area (Å²) in [7, 11) is 1.53. The summed E-state index contributed by atoms with van der Waals surface area (Å²) in [6, 6.07) is 5.08. The lowest BCUT2D eigenvalue weighted by Gasteiger charge is -2.40. The molecule has 2 aromatic rings. The number of aliphatic carboxylic acids is 1. The molecule has 0 aliphatic heterocycles. The van der Waals surface area contributed by atoms with E-state index in [4.69, 9.17) is 4.52 Å². The van der Waals surface area contributed by atoms with Crippen LogP contribution in [0.1, 0.15) is 42.6 Å². The number of carbonyl (C=O) groups excluding carboxylic acids is 1. The first-order valence-electron chi connectivity index (χ1n) is 7.93. The van der Waals surface area contributed by atoms with Gasteiger partial charge >= 0.3 is 5.97 Å². The van der Waals surface area contributed by atoms with Crippen LogP contribution in [0.25, 0.3) is 11.3 Å². The number of hydrogen-bond acceptors (Lipinski definition) is 5. The van der Waals surface area contributed by atoms with E-state index in [9.17, 15) is 14.7 Å². The van der Waals surface area contributed by atoms with Crippen molar-refractivity contribution >= 4 is 11.9 Å². The van der Waals surface area contributed by atoms with E-state index in [0.717, 1.165) is 19.3 Å². The SMILES string of the molecule is CN(C(=O)c1cc(-c2cccnc2)on1)C1(C(=O)O)CCCCC1. The Morgan fingerprint density at radius 1 is 1.29 bits per heavy atom. The smallest absolute Gasteiger partial charge is 0.329 e. The summed E-state index contributed by atoms with van der Waals surface area (Å²) >= 11 is 0. The van der Waals surface area contributed by atoms with Crippen LogP contribution in [0.2, 0.25) is 0 Å². The van der Waals surface area contributed by atoms with Gasteiger partial charge in [-0.25, -0.2) is 4.79 Å². The predicted octanol–water partition coefficient (Wildman–Crippen LogP) is 2.60. The molecule has 24 heavy (non-hydrogen) atoms. The van der Waals surface area contributed by atoms with E-state index in [1.165, 1.54) is 18.0 Å². The fourth-order valence-corrected chi connectivity index (χ4v) is 3.22. The van der Waals surface area contributed by atoms with Gasteiger partial charge in [-0.1, -0.05) is 24.4 Å². The van der Waals surface area contributed by atoms with Gasteiger partial charge in [0.15, 0.2) is 11.5 Å². The molecule has 1 aliphatic rings. The highest BCUT2D eigenvalue weighted by atomic mass is 16.5. The molecule has 2 aromatic heterocycles. The van der Waals surface area contributed by atoms with E-state index in [1.807, 2.05) is 0 Å². The summed E-state index contributed by atoms with van der Waals surface area (Å²) in [6.45, 7) is 0. The van der Waals surface area contributed by atoms with Gasteiger partial charge in [0.2, 0.25) is 0 Å². The standard InChI is InChI=1S/C17H19N3O4/c1-20(17(16(22)23)7-3-2-4-8-17)15(21)13-10-14(24-19-13)12-6-5-9-18-11-12/h5-6,9-11H,2-4,7-8H2,1H3,(H,22,23). The maximum Gasteiger partial charge on any atom is 0.329 e. The Balaban J connectivity index is 1.86. The van der Waals surface area contributed by atoms with Gasteiger partial charge in [-0.2, -0.15) is 0 Å². The van der Waals surface area contributed by atoms with Gasteiger partial charge in [0.05, 0.1) is 0 Å². The largest absolute Gasteiger partial charge is 0.479 e. The second-order valence-electron chi connectivity index (χ2n) is 6.08. The number of likely N-dealkylation sites (N-methyl/N-ethyl adjacent to an activating group) is 1. The zero-order valence-corrected chi connectivity index (χ0v) is 13.4. The minimum absolute atomic E-state index is 0.0996. The Labute approximate surface area is 139 Å². The second-order valence-corrected chi connectivity index (χ2v) is 6.08. The summed E-state index contributed by atoms with van der Waals surface area (Å²) in [5.74, 6) is -0.986. The topological polar surface area (TPSA) is 96.5 Å². The lowest BCUT2D eigenvalue weighted by molar-refractivity contribution is -0.151. The highest BCUT2D eigenvalue weighted by molar-refractivity contribution is 5.96. The maximum absolute atomic E-state index is 12.7. The van der Waals surface area contributed by atoms with Crippen LogP contribution in [0.3, 0.4) is 0 Å². The van der Waals surface area contributed by atoms with Crippen LogP contribution in [-0.2, 0) is 4.79 Å². The van der Waals surface area contributed by atoms with Gasteiger partial charge in [-0.15, -0.1) is 0 Å². The molecule has 126 valence electrons. The van der Waals surface area contributed by atoms with Crippen molar-refractivity contribution in [3.8, 4) is 11.3 Å². The summed E-state index contributed by atoms with van der Waals surface area (Å²) < 4.78 is 5.22. The molecule has 0 saturated heterocycles. The molecule has 1 aliphatic carbocycles. The zero-order chi connectivity index (χ0) is 17.2. The molecule has 1 N–H and O–H groups in total. The summed E-state index contributed by atoms with van der Waals surface area (Å²) in [5, 5.41) is 13.5. The van der Waals surface area contributed by atoms with Gasteiger partial charge in [0, 0.05) is 31.1 Å². The molecule has 0 aromatic carbocycles. The number of hydrogen-bond donors (Lipinski definition) is 1. The van der Waals surface area contributed by atoms with E-state index in [1.54, 1.807) is 24.5 Å². The Morgan fingerprint density at radius 2 is 2.04 bits per heavy atom. The molecule has 7 heteroatoms. The van der Waals surface area contributed by atoms with Gasteiger partial charge in [0.1, 0.15) is 5.54 Å². The maximum atomic E-state index is 12.7. The Kier molecular flexibility index (Phi) is 4.33. The molecule has 0 unspecified atom stereocenters. The average Bonchev–Trinajstić information content (AvgIpc) is 3.12. The highest BCUT2D eigenvalue weighted by Gasteiger charge is 2.46. The van der Waals surface area contributed by atoms with Crippen LogP contribution in [0.4, 0.5) is 0 Å². The molecule has 1 fully saturated rings. The summed E-state index contributed by atoms with van der Waals surface area (Å²) in [6.07, 6.45) is 6.74. The van der Waals surface area contributed by atoms with Crippen molar-refractivity contribution < 1.29 is 19.2 Å². The number of carboxylic acid groups (broad SMARTS) is 1. The lowest BCUT2D eigenvalue weighted by atomic mass is 9.80. The zero-order valence-electron chi connectivity index (χ0n) is 13.4. The highest BCUT2D eigenvalue weighted by Crippen LogP contribution is 2.34. The first-order valence-corrected chi connectivity index (χ1v) is 7.93. The number of nitrogens with zero attached hydrogens (tertiary/aromatic N) is 3. The van der Waals surface area contributed by atoms with Crippen LogP contribution in [-0.4, -0.2) is 44.6 Å². The van der Waals surface area contributed by atoms with Crippen molar-refractivity contribution in [2.75, 3.05) is 7.05 Å². The number of aromatic nitrogens is 2. The molecule has 1 amide bonds. The fourth-order valence-electron chi connectivity index (χ4n) is 3.22. The number of amides is 1. The third-order valence-electron chi connectivity index (χ3n) is 4.70. The molecule has 0 spiro atoms. The fraction of sp³-hybridized carbons (Fsp3) is 0.412. The number of carboxylic acids is 1. The van der Waals surface area contributed by atoms with Crippen LogP contribution in [0.15, 0.2) is 35.1 Å². The van der Waals surface area contributed by atoms with E-state index in [-0.39, 0.29) is 5.69 Å². The monoisotopic (exact) mass is 329 g/mol. The molecule has 1 saturated carbocycles. The van der Waals surface area contributed by atoms with Crippen LogP contribution >= 0.6 is 0 Å². The van der Waals surface area contributed by atoms with Crippen molar-refractivity contribution in [1.82, 2.24) is 15.0 Å². The van der Waals surface area contributed by atoms with Crippen molar-refractivity contribution in [3.05, 3.63) is 36.3 Å². The third kappa shape index (κ3) is 2.77. The molecule has 7 nitrogen and oxygen atoms in total. The lowest BCUT2D eigenvalue weighted by Crippen LogP contribution is -2.56. The molecule has 0 radical (unpaired) electrons. The molecular formula is C17H19N3O4. The average molecular weight is 329 g/mol. The second kappa shape index (κ2) is 6.43. The van der Waals surface area contributed by atoms with Crippen LogP contribution in [0.5, 0.6) is 0 Å². The molecule has 3 rings (SSSR count). The van der Waals surface area contributed by atoms with Gasteiger partial charge in [-0.05, 0) is 25.0 Å². The minimum Gasteiger partial charge on any atom is -0.479 e. The first kappa shape index (κ1) is 16.2. The van der Waals surface area contributed by atoms with Gasteiger partial charge in [0.25, 0.3) is 5.91 Å². The van der Waals surface area contributed by atoms with Crippen LogP contribution in [0, 0.1) is 0 Å². The molecule has 0 bridgehead atoms. The first-order chi connectivity index (χ1) is 11.5. The van der Waals surface area contributed by atoms with E-state index < -0.39 is 17.4 Å². The minimum atomic E-state index is -1.16. The van der Waals surface area contributed by atoms with Gasteiger partial charge in [-0.3, -0.25) is 9.78 Å². The van der Waals surface area contributed by atoms with Crippen molar-refractivity contribution in [1.29, 1.82) is 0 Å². The Hall–Kier alpha value is -2.70. The van der Waals surface area contributed by atoms with E-state index in [0.29, 0.717) is 24.2 Å². The van der Waals surface area contributed by atoms with Crippen LogP contribution < -0.4 is 0 Å². The predicted molar refractivity (Wildman–Crippen MR) is 85.3 cm³/mol. The third-order valence-corrected chi connectivity index (χ3v) is 4.70. The van der Waals surface area contributed by atoms with Crippen molar-refractivity contribution in [2.45, 2.75) is 37.6 Å². The van der Waals surface area contributed by atoms with E-state index >= 15 is 0 Å². The quantitative estimate of drug-likeness (QED) is 0.926. The normalized spacial score (nSPS) is 16.5. The van der Waals surface area contributed by atoms with Crippen molar-refractivity contribution in [2.24, 2.45) is 0 Å². The number of pyridine rings is 1. The van der Waals surface area contributed by atoms with Gasteiger partial charge < -0.3 is 14.5 Å². The van der Waals surface area contributed by atoms with E-state index in [2.05, 4.69) is 10.1 Å². The summed E-state index contributed by atoms with van der Waals surface area (Å²) in [4.78, 5) is 29.9. The Morgan fingerprint density at radius 3 is 2.67 bits per heavy atom. The van der Waals surface area contributed by atoms with Crippen molar-refractivity contribution in [3.63, 3.8) is 0 Å². The number of rotatable bonds is 4. The molecule has 0 atom stereocenters.